The number of nitrogens with zero attached hydrogens (tertiary/aromatic N) is 1. The fraction of sp³-hybridized carbons (Fsp3) is 0.923. The number of rotatable bonds is 3. The maximum atomic E-state index is 12.3. The summed E-state index contributed by atoms with van der Waals surface area (Å²) in [6.07, 6.45) is 6.38. The molecule has 0 radical (unpaired) electrons. The molecule has 3 nitrogen and oxygen atoms in total. The largest absolute Gasteiger partial charge is 0.339 e. The molecule has 0 spiro atoms. The molecular formula is C13H25ClN2O. The van der Waals surface area contributed by atoms with E-state index in [1.54, 1.807) is 0 Å². The summed E-state index contributed by atoms with van der Waals surface area (Å²) in [4.78, 5) is 14.4. The van der Waals surface area contributed by atoms with Crippen LogP contribution < -0.4 is 5.73 Å². The van der Waals surface area contributed by atoms with Gasteiger partial charge < -0.3 is 10.6 Å². The highest BCUT2D eigenvalue weighted by atomic mass is 35.5. The lowest BCUT2D eigenvalue weighted by Crippen LogP contribution is -2.47. The number of nitrogens with two attached hydrogens (primary N) is 1. The molecule has 1 amide bonds. The van der Waals surface area contributed by atoms with E-state index in [2.05, 4.69) is 4.90 Å². The molecule has 2 fully saturated rings. The fourth-order valence-corrected chi connectivity index (χ4v) is 2.87. The molecule has 2 aliphatic rings. The maximum absolute atomic E-state index is 12.3. The number of carbonyl (C=O) groups excluding carboxylic acids is 1. The second kappa shape index (κ2) is 6.05. The first-order chi connectivity index (χ1) is 7.61. The van der Waals surface area contributed by atoms with Crippen LogP contribution in [0.2, 0.25) is 0 Å². The summed E-state index contributed by atoms with van der Waals surface area (Å²) in [5.41, 5.74) is 5.82. The van der Waals surface area contributed by atoms with E-state index in [0.717, 1.165) is 12.5 Å². The number of halogens is 1. The molecule has 0 aromatic rings. The summed E-state index contributed by atoms with van der Waals surface area (Å²) in [7, 11) is 0. The highest BCUT2D eigenvalue weighted by molar-refractivity contribution is 5.85. The average molecular weight is 261 g/mol. The van der Waals surface area contributed by atoms with Crippen LogP contribution in [0.4, 0.5) is 0 Å². The molecule has 1 saturated heterocycles. The normalized spacial score (nSPS) is 28.2. The van der Waals surface area contributed by atoms with Crippen LogP contribution in [0.1, 0.15) is 46.0 Å². The lowest BCUT2D eigenvalue weighted by atomic mass is 9.78. The molecule has 100 valence electrons. The van der Waals surface area contributed by atoms with Crippen LogP contribution >= 0.6 is 12.4 Å². The van der Waals surface area contributed by atoms with Gasteiger partial charge >= 0.3 is 0 Å². The minimum absolute atomic E-state index is 0. The number of likely N-dealkylation sites (tertiary alicyclic amines) is 1. The van der Waals surface area contributed by atoms with Crippen molar-refractivity contribution in [2.24, 2.45) is 17.6 Å². The standard InChI is InChI=1S/C13H24N2O.ClH/c1-9(10(2)14)13(16)15-8-4-7-12(15)11-5-3-6-11;/h9-12H,3-8,14H2,1-2H3;1H. The molecule has 0 aromatic heterocycles. The van der Waals surface area contributed by atoms with E-state index < -0.39 is 0 Å². The van der Waals surface area contributed by atoms with E-state index >= 15 is 0 Å². The fourth-order valence-electron chi connectivity index (χ4n) is 2.87. The van der Waals surface area contributed by atoms with E-state index in [1.165, 1.54) is 32.1 Å². The van der Waals surface area contributed by atoms with Crippen LogP contribution in [0.15, 0.2) is 0 Å². The Balaban J connectivity index is 0.00000144. The average Bonchev–Trinajstić information content (AvgIpc) is 2.61. The zero-order valence-electron chi connectivity index (χ0n) is 10.9. The predicted molar refractivity (Wildman–Crippen MR) is 72.1 cm³/mol. The van der Waals surface area contributed by atoms with Gasteiger partial charge in [0, 0.05) is 18.6 Å². The maximum Gasteiger partial charge on any atom is 0.227 e. The molecule has 3 atom stereocenters. The summed E-state index contributed by atoms with van der Waals surface area (Å²) >= 11 is 0. The van der Waals surface area contributed by atoms with Crippen molar-refractivity contribution in [3.63, 3.8) is 0 Å². The Bertz CT molecular complexity index is 266. The molecule has 4 heteroatoms. The monoisotopic (exact) mass is 260 g/mol. The quantitative estimate of drug-likeness (QED) is 0.846. The van der Waals surface area contributed by atoms with Gasteiger partial charge in [0.1, 0.15) is 0 Å². The highest BCUT2D eigenvalue weighted by Gasteiger charge is 2.38. The Labute approximate surface area is 111 Å². The zero-order chi connectivity index (χ0) is 11.7. The molecule has 1 heterocycles. The van der Waals surface area contributed by atoms with Gasteiger partial charge in [-0.05, 0) is 38.5 Å². The zero-order valence-corrected chi connectivity index (χ0v) is 11.7. The van der Waals surface area contributed by atoms with Crippen LogP contribution in [0.3, 0.4) is 0 Å². The van der Waals surface area contributed by atoms with Crippen molar-refractivity contribution in [3.05, 3.63) is 0 Å². The van der Waals surface area contributed by atoms with Crippen molar-refractivity contribution in [1.29, 1.82) is 0 Å². The van der Waals surface area contributed by atoms with Gasteiger partial charge in [-0.25, -0.2) is 0 Å². The van der Waals surface area contributed by atoms with Gasteiger partial charge in [0.15, 0.2) is 0 Å². The summed E-state index contributed by atoms with van der Waals surface area (Å²) in [6, 6.07) is 0.498. The number of amides is 1. The van der Waals surface area contributed by atoms with E-state index in [9.17, 15) is 4.79 Å². The van der Waals surface area contributed by atoms with Crippen LogP contribution in [0.5, 0.6) is 0 Å². The van der Waals surface area contributed by atoms with Gasteiger partial charge in [-0.15, -0.1) is 12.4 Å². The minimum Gasteiger partial charge on any atom is -0.339 e. The SMILES string of the molecule is CC(N)C(C)C(=O)N1CCCC1C1CCC1.Cl. The predicted octanol–water partition coefficient (Wildman–Crippen LogP) is 2.18. The van der Waals surface area contributed by atoms with E-state index in [0.29, 0.717) is 6.04 Å². The van der Waals surface area contributed by atoms with Crippen LogP contribution in [-0.4, -0.2) is 29.4 Å². The van der Waals surface area contributed by atoms with Gasteiger partial charge in [-0.3, -0.25) is 4.79 Å². The van der Waals surface area contributed by atoms with E-state index in [1.807, 2.05) is 13.8 Å². The molecular weight excluding hydrogens is 236 g/mol. The van der Waals surface area contributed by atoms with Crippen molar-refractivity contribution in [1.82, 2.24) is 4.90 Å². The summed E-state index contributed by atoms with van der Waals surface area (Å²) < 4.78 is 0. The molecule has 17 heavy (non-hydrogen) atoms. The molecule has 1 aliphatic carbocycles. The Morgan fingerprint density at radius 1 is 1.24 bits per heavy atom. The molecule has 0 aromatic carbocycles. The van der Waals surface area contributed by atoms with Crippen LogP contribution in [-0.2, 0) is 4.79 Å². The number of hydrogen-bond donors (Lipinski definition) is 1. The third-order valence-electron chi connectivity index (χ3n) is 4.45. The first-order valence-corrected chi connectivity index (χ1v) is 6.67. The smallest absolute Gasteiger partial charge is 0.227 e. The Morgan fingerprint density at radius 2 is 1.88 bits per heavy atom. The first-order valence-electron chi connectivity index (χ1n) is 6.67. The topological polar surface area (TPSA) is 46.3 Å². The van der Waals surface area contributed by atoms with Crippen molar-refractivity contribution in [2.45, 2.75) is 58.0 Å². The van der Waals surface area contributed by atoms with E-state index in [4.69, 9.17) is 5.73 Å². The van der Waals surface area contributed by atoms with Gasteiger partial charge in [-0.1, -0.05) is 13.3 Å². The van der Waals surface area contributed by atoms with Gasteiger partial charge in [-0.2, -0.15) is 0 Å². The molecule has 1 saturated carbocycles. The molecule has 1 aliphatic heterocycles. The summed E-state index contributed by atoms with van der Waals surface area (Å²) in [6.45, 7) is 4.84. The highest BCUT2D eigenvalue weighted by Crippen LogP contribution is 2.37. The third kappa shape index (κ3) is 2.94. The van der Waals surface area contributed by atoms with Crippen molar-refractivity contribution >= 4 is 18.3 Å². The molecule has 3 unspecified atom stereocenters. The van der Waals surface area contributed by atoms with Gasteiger partial charge in [0.2, 0.25) is 5.91 Å². The summed E-state index contributed by atoms with van der Waals surface area (Å²) in [5, 5.41) is 0. The molecule has 2 rings (SSSR count). The Kier molecular flexibility index (Phi) is 5.26. The van der Waals surface area contributed by atoms with Gasteiger partial charge in [0.25, 0.3) is 0 Å². The van der Waals surface area contributed by atoms with E-state index in [-0.39, 0.29) is 30.3 Å². The van der Waals surface area contributed by atoms with Crippen molar-refractivity contribution < 1.29 is 4.79 Å². The summed E-state index contributed by atoms with van der Waals surface area (Å²) in [5.74, 6) is 1.04. The van der Waals surface area contributed by atoms with Crippen molar-refractivity contribution in [3.8, 4) is 0 Å². The van der Waals surface area contributed by atoms with Gasteiger partial charge in [0.05, 0.1) is 5.92 Å². The van der Waals surface area contributed by atoms with Crippen LogP contribution in [0.25, 0.3) is 0 Å². The Hall–Kier alpha value is -0.280. The minimum atomic E-state index is -0.0323. The second-order valence-electron chi connectivity index (χ2n) is 5.58. The molecule has 2 N–H and O–H groups in total. The lowest BCUT2D eigenvalue weighted by Gasteiger charge is -2.38. The third-order valence-corrected chi connectivity index (χ3v) is 4.45. The lowest BCUT2D eigenvalue weighted by molar-refractivity contribution is -0.137. The van der Waals surface area contributed by atoms with Crippen LogP contribution in [0, 0.1) is 11.8 Å². The first kappa shape index (κ1) is 14.8. The number of hydrogen-bond acceptors (Lipinski definition) is 2. The van der Waals surface area contributed by atoms with Crippen molar-refractivity contribution in [2.75, 3.05) is 6.54 Å². The Morgan fingerprint density at radius 3 is 2.35 bits per heavy atom. The molecule has 0 bridgehead atoms. The second-order valence-corrected chi connectivity index (χ2v) is 5.58. The number of carbonyl (C=O) groups is 1.